The third-order valence-corrected chi connectivity index (χ3v) is 3.46. The van der Waals surface area contributed by atoms with Crippen molar-refractivity contribution in [1.29, 1.82) is 0 Å². The van der Waals surface area contributed by atoms with Crippen LogP contribution in [0, 0.1) is 12.7 Å². The first kappa shape index (κ1) is 14.1. The molecule has 5 nitrogen and oxygen atoms in total. The molecule has 0 fully saturated rings. The predicted octanol–water partition coefficient (Wildman–Crippen LogP) is 2.97. The van der Waals surface area contributed by atoms with E-state index in [4.69, 9.17) is 10.5 Å². The predicted molar refractivity (Wildman–Crippen MR) is 82.5 cm³/mol. The fraction of sp³-hybridized carbons (Fsp3) is 0.125. The molecule has 6 heteroatoms. The molecule has 0 aliphatic carbocycles. The van der Waals surface area contributed by atoms with Gasteiger partial charge in [-0.2, -0.15) is 4.68 Å². The van der Waals surface area contributed by atoms with Crippen LogP contribution in [-0.2, 0) is 0 Å². The van der Waals surface area contributed by atoms with Crippen LogP contribution in [0.15, 0.2) is 42.5 Å². The molecule has 2 N–H and O–H groups in total. The van der Waals surface area contributed by atoms with Crippen LogP contribution in [0.3, 0.4) is 0 Å². The molecule has 1 aromatic heterocycles. The van der Waals surface area contributed by atoms with Crippen LogP contribution in [0.25, 0.3) is 16.9 Å². The molecule has 0 saturated heterocycles. The number of aryl methyl sites for hydroxylation is 1. The van der Waals surface area contributed by atoms with E-state index in [-0.39, 0.29) is 5.82 Å². The average Bonchev–Trinajstić information content (AvgIpc) is 2.89. The minimum absolute atomic E-state index is 0.311. The molecule has 3 aromatic rings. The SMILES string of the molecule is COc1ccc(-c2nnn(-c3ccc(F)cc3)c2N)c(C)c1. The van der Waals surface area contributed by atoms with Crippen molar-refractivity contribution in [2.75, 3.05) is 12.8 Å². The van der Waals surface area contributed by atoms with Crippen LogP contribution in [0.5, 0.6) is 5.75 Å². The normalized spacial score (nSPS) is 10.7. The van der Waals surface area contributed by atoms with E-state index in [1.807, 2.05) is 25.1 Å². The number of nitrogens with zero attached hydrogens (tertiary/aromatic N) is 3. The quantitative estimate of drug-likeness (QED) is 0.807. The Kier molecular flexibility index (Phi) is 3.50. The number of benzene rings is 2. The zero-order chi connectivity index (χ0) is 15.7. The van der Waals surface area contributed by atoms with Crippen LogP contribution >= 0.6 is 0 Å². The third kappa shape index (κ3) is 2.39. The molecule has 0 aliphatic rings. The van der Waals surface area contributed by atoms with Gasteiger partial charge in [-0.15, -0.1) is 5.10 Å². The summed E-state index contributed by atoms with van der Waals surface area (Å²) >= 11 is 0. The fourth-order valence-electron chi connectivity index (χ4n) is 2.28. The van der Waals surface area contributed by atoms with E-state index < -0.39 is 0 Å². The van der Waals surface area contributed by atoms with Gasteiger partial charge >= 0.3 is 0 Å². The summed E-state index contributed by atoms with van der Waals surface area (Å²) in [5.41, 5.74) is 9.27. The number of ether oxygens (including phenoxy) is 1. The molecular formula is C16H15FN4O. The number of rotatable bonds is 3. The van der Waals surface area contributed by atoms with E-state index in [2.05, 4.69) is 10.3 Å². The number of methoxy groups -OCH3 is 1. The van der Waals surface area contributed by atoms with Gasteiger partial charge in [0.2, 0.25) is 0 Å². The first-order valence-electron chi connectivity index (χ1n) is 6.72. The molecule has 22 heavy (non-hydrogen) atoms. The second kappa shape index (κ2) is 5.48. The lowest BCUT2D eigenvalue weighted by atomic mass is 10.1. The maximum absolute atomic E-state index is 13.0. The minimum atomic E-state index is -0.311. The van der Waals surface area contributed by atoms with Gasteiger partial charge in [0.25, 0.3) is 0 Å². The Hall–Kier alpha value is -2.89. The summed E-state index contributed by atoms with van der Waals surface area (Å²) in [7, 11) is 1.62. The van der Waals surface area contributed by atoms with Crippen LogP contribution in [0.1, 0.15) is 5.56 Å². The zero-order valence-electron chi connectivity index (χ0n) is 12.2. The average molecular weight is 298 g/mol. The fourth-order valence-corrected chi connectivity index (χ4v) is 2.28. The van der Waals surface area contributed by atoms with Gasteiger partial charge in [-0.05, 0) is 55.0 Å². The lowest BCUT2D eigenvalue weighted by Crippen LogP contribution is -2.02. The highest BCUT2D eigenvalue weighted by Gasteiger charge is 2.15. The van der Waals surface area contributed by atoms with Gasteiger partial charge in [0, 0.05) is 5.56 Å². The van der Waals surface area contributed by atoms with E-state index in [0.717, 1.165) is 16.9 Å². The van der Waals surface area contributed by atoms with Gasteiger partial charge in [0.15, 0.2) is 5.82 Å². The number of nitrogens with two attached hydrogens (primary N) is 1. The van der Waals surface area contributed by atoms with Crippen molar-refractivity contribution in [1.82, 2.24) is 15.0 Å². The first-order chi connectivity index (χ1) is 10.6. The maximum Gasteiger partial charge on any atom is 0.155 e. The summed E-state index contributed by atoms with van der Waals surface area (Å²) in [6.07, 6.45) is 0. The van der Waals surface area contributed by atoms with Crippen molar-refractivity contribution in [3.8, 4) is 22.7 Å². The van der Waals surface area contributed by atoms with E-state index in [1.54, 1.807) is 19.2 Å². The van der Waals surface area contributed by atoms with Crippen LogP contribution < -0.4 is 10.5 Å². The van der Waals surface area contributed by atoms with E-state index >= 15 is 0 Å². The molecule has 0 bridgehead atoms. The van der Waals surface area contributed by atoms with Crippen molar-refractivity contribution in [2.24, 2.45) is 0 Å². The van der Waals surface area contributed by atoms with Crippen LogP contribution in [0.2, 0.25) is 0 Å². The Bertz CT molecular complexity index is 812. The summed E-state index contributed by atoms with van der Waals surface area (Å²) < 4.78 is 19.7. The summed E-state index contributed by atoms with van der Waals surface area (Å²) in [5.74, 6) is 0.860. The Morgan fingerprint density at radius 1 is 1.14 bits per heavy atom. The van der Waals surface area contributed by atoms with Gasteiger partial charge < -0.3 is 10.5 Å². The molecule has 0 aliphatic heterocycles. The van der Waals surface area contributed by atoms with Gasteiger partial charge in [-0.25, -0.2) is 4.39 Å². The summed E-state index contributed by atoms with van der Waals surface area (Å²) in [6, 6.07) is 11.6. The lowest BCUT2D eigenvalue weighted by Gasteiger charge is -2.07. The standard InChI is InChI=1S/C16H15FN4O/c1-10-9-13(22-2)7-8-14(10)15-16(18)21(20-19-15)12-5-3-11(17)4-6-12/h3-9H,18H2,1-2H3. The summed E-state index contributed by atoms with van der Waals surface area (Å²) in [5, 5.41) is 8.22. The summed E-state index contributed by atoms with van der Waals surface area (Å²) in [6.45, 7) is 1.95. The monoisotopic (exact) mass is 298 g/mol. The zero-order valence-corrected chi connectivity index (χ0v) is 12.2. The van der Waals surface area contributed by atoms with Crippen LogP contribution in [-0.4, -0.2) is 22.1 Å². The Morgan fingerprint density at radius 2 is 1.86 bits per heavy atom. The molecule has 2 aromatic carbocycles. The molecule has 0 unspecified atom stereocenters. The number of anilines is 1. The second-order valence-corrected chi connectivity index (χ2v) is 4.89. The maximum atomic E-state index is 13.0. The highest BCUT2D eigenvalue weighted by Crippen LogP contribution is 2.30. The smallest absolute Gasteiger partial charge is 0.155 e. The lowest BCUT2D eigenvalue weighted by molar-refractivity contribution is 0.414. The van der Waals surface area contributed by atoms with Gasteiger partial charge in [-0.1, -0.05) is 5.21 Å². The molecule has 112 valence electrons. The van der Waals surface area contributed by atoms with Crippen molar-refractivity contribution < 1.29 is 9.13 Å². The van der Waals surface area contributed by atoms with E-state index in [0.29, 0.717) is 17.2 Å². The highest BCUT2D eigenvalue weighted by molar-refractivity contribution is 5.74. The minimum Gasteiger partial charge on any atom is -0.497 e. The molecule has 0 amide bonds. The van der Waals surface area contributed by atoms with Gasteiger partial charge in [0.1, 0.15) is 17.3 Å². The van der Waals surface area contributed by atoms with Crippen molar-refractivity contribution in [2.45, 2.75) is 6.92 Å². The number of aromatic nitrogens is 3. The van der Waals surface area contributed by atoms with Crippen molar-refractivity contribution in [3.63, 3.8) is 0 Å². The highest BCUT2D eigenvalue weighted by atomic mass is 19.1. The van der Waals surface area contributed by atoms with Crippen LogP contribution in [0.4, 0.5) is 10.2 Å². The second-order valence-electron chi connectivity index (χ2n) is 4.89. The molecule has 0 atom stereocenters. The molecule has 0 radical (unpaired) electrons. The molecule has 0 spiro atoms. The van der Waals surface area contributed by atoms with Gasteiger partial charge in [-0.3, -0.25) is 0 Å². The topological polar surface area (TPSA) is 66.0 Å². The molecular weight excluding hydrogens is 283 g/mol. The molecule has 3 rings (SSSR count). The van der Waals surface area contributed by atoms with Crippen molar-refractivity contribution >= 4 is 5.82 Å². The Balaban J connectivity index is 2.05. The summed E-state index contributed by atoms with van der Waals surface area (Å²) in [4.78, 5) is 0. The van der Waals surface area contributed by atoms with Crippen molar-refractivity contribution in [3.05, 3.63) is 53.8 Å². The number of hydrogen-bond acceptors (Lipinski definition) is 4. The molecule has 1 heterocycles. The van der Waals surface area contributed by atoms with Gasteiger partial charge in [0.05, 0.1) is 12.8 Å². The van der Waals surface area contributed by atoms with E-state index in [1.165, 1.54) is 16.8 Å². The first-order valence-corrected chi connectivity index (χ1v) is 6.72. The third-order valence-electron chi connectivity index (χ3n) is 3.46. The Labute approximate surface area is 127 Å². The number of halogens is 1. The molecule has 0 saturated carbocycles. The number of nitrogen functional groups attached to an aromatic ring is 1. The largest absolute Gasteiger partial charge is 0.497 e. The Morgan fingerprint density at radius 3 is 2.50 bits per heavy atom. The number of hydrogen-bond donors (Lipinski definition) is 1. The van der Waals surface area contributed by atoms with E-state index in [9.17, 15) is 4.39 Å².